The summed E-state index contributed by atoms with van der Waals surface area (Å²) in [5.41, 5.74) is 0.831. The number of aryl methyl sites for hydroxylation is 1. The summed E-state index contributed by atoms with van der Waals surface area (Å²) in [6, 6.07) is 3.70. The maximum atomic E-state index is 5.67. The van der Waals surface area contributed by atoms with Crippen LogP contribution in [0.5, 0.6) is 11.5 Å². The van der Waals surface area contributed by atoms with Crippen LogP contribution in [-0.2, 0) is 6.42 Å². The van der Waals surface area contributed by atoms with Gasteiger partial charge in [0.05, 0.1) is 19.7 Å². The fraction of sp³-hybridized carbons (Fsp3) is 0.333. The summed E-state index contributed by atoms with van der Waals surface area (Å²) in [6.45, 7) is 0. The van der Waals surface area contributed by atoms with E-state index in [2.05, 4.69) is 9.97 Å². The second-order valence-corrected chi connectivity index (χ2v) is 3.87. The Morgan fingerprint density at radius 1 is 1.18 bits per heavy atom. The van der Waals surface area contributed by atoms with Crippen molar-refractivity contribution in [2.45, 2.75) is 6.42 Å². The van der Waals surface area contributed by atoms with Gasteiger partial charge in [-0.1, -0.05) is 0 Å². The van der Waals surface area contributed by atoms with Crippen molar-refractivity contribution >= 4 is 22.5 Å². The topological polar surface area (TPSA) is 44.2 Å². The highest BCUT2D eigenvalue weighted by molar-refractivity contribution is 6.17. The smallest absolute Gasteiger partial charge is 0.162 e. The average molecular weight is 253 g/mol. The van der Waals surface area contributed by atoms with Crippen molar-refractivity contribution in [3.8, 4) is 11.5 Å². The van der Waals surface area contributed by atoms with Gasteiger partial charge in [-0.05, 0) is 6.07 Å². The van der Waals surface area contributed by atoms with Crippen molar-refractivity contribution in [1.82, 2.24) is 9.97 Å². The molecule has 4 nitrogen and oxygen atoms in total. The molecule has 17 heavy (non-hydrogen) atoms. The van der Waals surface area contributed by atoms with Gasteiger partial charge < -0.3 is 9.47 Å². The molecule has 0 spiro atoms. The minimum atomic E-state index is 0.513. The monoisotopic (exact) mass is 252 g/mol. The molecule has 0 aliphatic carbocycles. The Hall–Kier alpha value is -1.55. The maximum Gasteiger partial charge on any atom is 0.162 e. The Bertz CT molecular complexity index is 531. The Morgan fingerprint density at radius 2 is 1.88 bits per heavy atom. The van der Waals surface area contributed by atoms with Gasteiger partial charge in [0.1, 0.15) is 5.82 Å². The fourth-order valence-corrected chi connectivity index (χ4v) is 1.77. The summed E-state index contributed by atoms with van der Waals surface area (Å²) >= 11 is 5.67. The molecule has 2 rings (SSSR count). The predicted molar refractivity (Wildman–Crippen MR) is 67.1 cm³/mol. The number of halogens is 1. The molecule has 0 fully saturated rings. The molecule has 0 aliphatic rings. The molecule has 2 aromatic rings. The number of nitrogens with zero attached hydrogens (tertiary/aromatic N) is 2. The van der Waals surface area contributed by atoms with Crippen molar-refractivity contribution in [1.29, 1.82) is 0 Å². The van der Waals surface area contributed by atoms with E-state index in [1.807, 2.05) is 12.1 Å². The Morgan fingerprint density at radius 3 is 2.53 bits per heavy atom. The van der Waals surface area contributed by atoms with Crippen LogP contribution in [0.2, 0.25) is 0 Å². The molecule has 0 aliphatic heterocycles. The summed E-state index contributed by atoms with van der Waals surface area (Å²) in [5.74, 6) is 2.59. The lowest BCUT2D eigenvalue weighted by Crippen LogP contribution is -1.97. The average Bonchev–Trinajstić information content (AvgIpc) is 2.37. The van der Waals surface area contributed by atoms with Gasteiger partial charge in [0.15, 0.2) is 11.5 Å². The number of hydrogen-bond donors (Lipinski definition) is 0. The van der Waals surface area contributed by atoms with E-state index in [0.29, 0.717) is 23.8 Å². The van der Waals surface area contributed by atoms with Gasteiger partial charge in [0.25, 0.3) is 0 Å². The molecule has 1 aromatic carbocycles. The summed E-state index contributed by atoms with van der Waals surface area (Å²) in [6.07, 6.45) is 2.43. The van der Waals surface area contributed by atoms with Crippen LogP contribution in [0.1, 0.15) is 5.82 Å². The molecule has 1 heterocycles. The number of methoxy groups -OCH3 is 2. The first-order valence-electron chi connectivity index (χ1n) is 5.22. The highest BCUT2D eigenvalue weighted by Crippen LogP contribution is 2.30. The van der Waals surface area contributed by atoms with Gasteiger partial charge in [-0.2, -0.15) is 0 Å². The van der Waals surface area contributed by atoms with E-state index in [1.165, 1.54) is 0 Å². The van der Waals surface area contributed by atoms with Gasteiger partial charge >= 0.3 is 0 Å². The largest absolute Gasteiger partial charge is 0.493 e. The maximum absolute atomic E-state index is 5.67. The number of fused-ring (bicyclic) bond motifs is 1. The zero-order valence-electron chi connectivity index (χ0n) is 9.74. The van der Waals surface area contributed by atoms with E-state index < -0.39 is 0 Å². The number of benzene rings is 1. The Balaban J connectivity index is 2.54. The highest BCUT2D eigenvalue weighted by Gasteiger charge is 2.07. The first-order chi connectivity index (χ1) is 8.28. The summed E-state index contributed by atoms with van der Waals surface area (Å²) < 4.78 is 10.5. The zero-order valence-corrected chi connectivity index (χ0v) is 10.5. The van der Waals surface area contributed by atoms with Gasteiger partial charge in [-0.15, -0.1) is 11.6 Å². The van der Waals surface area contributed by atoms with Crippen LogP contribution >= 0.6 is 11.6 Å². The van der Waals surface area contributed by atoms with Crippen molar-refractivity contribution in [2.24, 2.45) is 0 Å². The van der Waals surface area contributed by atoms with Crippen LogP contribution in [0.4, 0.5) is 0 Å². The minimum absolute atomic E-state index is 0.513. The number of ether oxygens (including phenoxy) is 2. The van der Waals surface area contributed by atoms with E-state index in [4.69, 9.17) is 21.1 Å². The third-order valence-corrected chi connectivity index (χ3v) is 2.64. The quantitative estimate of drug-likeness (QED) is 0.784. The van der Waals surface area contributed by atoms with Crippen molar-refractivity contribution in [3.63, 3.8) is 0 Å². The molecular weight excluding hydrogens is 240 g/mol. The molecule has 0 saturated heterocycles. The lowest BCUT2D eigenvalue weighted by atomic mass is 10.2. The van der Waals surface area contributed by atoms with Gasteiger partial charge in [-0.25, -0.2) is 9.97 Å². The number of hydrogen-bond acceptors (Lipinski definition) is 4. The van der Waals surface area contributed by atoms with E-state index in [9.17, 15) is 0 Å². The van der Waals surface area contributed by atoms with E-state index in [-0.39, 0.29) is 0 Å². The molecular formula is C12H13ClN2O2. The second-order valence-electron chi connectivity index (χ2n) is 3.49. The fourth-order valence-electron chi connectivity index (χ4n) is 1.60. The number of aromatic nitrogens is 2. The van der Waals surface area contributed by atoms with Crippen LogP contribution in [0.15, 0.2) is 18.3 Å². The molecule has 1 aromatic heterocycles. The van der Waals surface area contributed by atoms with E-state index >= 15 is 0 Å². The molecule has 90 valence electrons. The molecule has 0 amide bonds. The van der Waals surface area contributed by atoms with Crippen molar-refractivity contribution in [2.75, 3.05) is 20.1 Å². The molecule has 5 heteroatoms. The summed E-state index contributed by atoms with van der Waals surface area (Å²) in [5, 5.41) is 0.918. The van der Waals surface area contributed by atoms with Crippen LogP contribution in [0.3, 0.4) is 0 Å². The van der Waals surface area contributed by atoms with Gasteiger partial charge in [-0.3, -0.25) is 0 Å². The normalized spacial score (nSPS) is 10.5. The molecule has 0 unspecified atom stereocenters. The minimum Gasteiger partial charge on any atom is -0.493 e. The highest BCUT2D eigenvalue weighted by atomic mass is 35.5. The lowest BCUT2D eigenvalue weighted by molar-refractivity contribution is 0.355. The van der Waals surface area contributed by atoms with Crippen molar-refractivity contribution < 1.29 is 9.47 Å². The van der Waals surface area contributed by atoms with Crippen LogP contribution in [0, 0.1) is 0 Å². The zero-order chi connectivity index (χ0) is 12.3. The van der Waals surface area contributed by atoms with Crippen LogP contribution in [-0.4, -0.2) is 30.1 Å². The van der Waals surface area contributed by atoms with Gasteiger partial charge in [0, 0.05) is 30.0 Å². The number of alkyl halides is 1. The molecule has 0 bridgehead atoms. The third-order valence-electron chi connectivity index (χ3n) is 2.45. The first kappa shape index (κ1) is 11.9. The first-order valence-corrected chi connectivity index (χ1v) is 5.75. The van der Waals surface area contributed by atoms with Gasteiger partial charge in [0.2, 0.25) is 0 Å². The molecule has 0 radical (unpaired) electrons. The molecule has 0 atom stereocenters. The summed E-state index contributed by atoms with van der Waals surface area (Å²) in [7, 11) is 3.21. The predicted octanol–water partition coefficient (Wildman–Crippen LogP) is 2.43. The molecule has 0 N–H and O–H groups in total. The van der Waals surface area contributed by atoms with Crippen LogP contribution < -0.4 is 9.47 Å². The SMILES string of the molecule is COc1cc2cnc(CCCl)nc2cc1OC. The van der Waals surface area contributed by atoms with Crippen LogP contribution in [0.25, 0.3) is 10.9 Å². The third kappa shape index (κ3) is 2.42. The lowest BCUT2D eigenvalue weighted by Gasteiger charge is -2.08. The standard InChI is InChI=1S/C12H13ClN2O2/c1-16-10-5-8-7-14-12(3-4-13)15-9(8)6-11(10)17-2/h5-7H,3-4H2,1-2H3. The van der Waals surface area contributed by atoms with E-state index in [0.717, 1.165) is 16.7 Å². The van der Waals surface area contributed by atoms with E-state index in [1.54, 1.807) is 20.4 Å². The second kappa shape index (κ2) is 5.19. The Kier molecular flexibility index (Phi) is 3.64. The Labute approximate surface area is 105 Å². The van der Waals surface area contributed by atoms with Crippen molar-refractivity contribution in [3.05, 3.63) is 24.2 Å². The number of rotatable bonds is 4. The molecule has 0 saturated carbocycles. The summed E-state index contributed by atoms with van der Waals surface area (Å²) in [4.78, 5) is 8.65.